The second kappa shape index (κ2) is 8.99. The lowest BCUT2D eigenvalue weighted by Gasteiger charge is -2.27. The molecule has 158 valence electrons. The highest BCUT2D eigenvalue weighted by Crippen LogP contribution is 2.30. The zero-order valence-corrected chi connectivity index (χ0v) is 17.7. The Morgan fingerprint density at radius 3 is 2.57 bits per heavy atom. The Morgan fingerprint density at radius 2 is 1.87 bits per heavy atom. The Kier molecular flexibility index (Phi) is 6.17. The number of rotatable bonds is 6. The molecule has 4 rings (SSSR count). The standard InChI is InChI=1S/C21H23ClN4O4/c1-28-17-10-15-16(11-18(17)29-2)24-19(13-25-6-8-30-9-7-25)26(21(15)27)12-14-4-3-5-23-20(14)22/h3-5,10-11H,6-9,12-13H2,1-2H3. The Hall–Kier alpha value is -2.68. The Bertz CT molecular complexity index is 1110. The van der Waals surface area contributed by atoms with Crippen molar-refractivity contribution < 1.29 is 14.2 Å². The molecule has 0 N–H and O–H groups in total. The molecule has 0 aliphatic carbocycles. The predicted octanol–water partition coefficient (Wildman–Crippen LogP) is 2.34. The van der Waals surface area contributed by atoms with Crippen LogP contribution < -0.4 is 15.0 Å². The first-order valence-corrected chi connectivity index (χ1v) is 10.0. The van der Waals surface area contributed by atoms with E-state index in [1.807, 2.05) is 6.07 Å². The summed E-state index contributed by atoms with van der Waals surface area (Å²) in [5.41, 5.74) is 1.16. The van der Waals surface area contributed by atoms with Crippen LogP contribution in [0.5, 0.6) is 11.5 Å². The van der Waals surface area contributed by atoms with Crippen LogP contribution in [0.4, 0.5) is 0 Å². The maximum absolute atomic E-state index is 13.5. The van der Waals surface area contributed by atoms with Gasteiger partial charge in [-0.25, -0.2) is 9.97 Å². The SMILES string of the molecule is COc1cc2nc(CN3CCOCC3)n(Cc3cccnc3Cl)c(=O)c2cc1OC. The number of ether oxygens (including phenoxy) is 3. The lowest BCUT2D eigenvalue weighted by Crippen LogP contribution is -2.38. The fraction of sp³-hybridized carbons (Fsp3) is 0.381. The van der Waals surface area contributed by atoms with E-state index in [0.717, 1.165) is 18.7 Å². The van der Waals surface area contributed by atoms with Gasteiger partial charge in [-0.15, -0.1) is 0 Å². The number of fused-ring (bicyclic) bond motifs is 1. The molecule has 3 aromatic rings. The molecule has 0 unspecified atom stereocenters. The van der Waals surface area contributed by atoms with Gasteiger partial charge in [-0.05, 0) is 12.1 Å². The van der Waals surface area contributed by atoms with E-state index >= 15 is 0 Å². The fourth-order valence-electron chi connectivity index (χ4n) is 3.54. The van der Waals surface area contributed by atoms with Crippen LogP contribution in [0.2, 0.25) is 5.15 Å². The lowest BCUT2D eigenvalue weighted by molar-refractivity contribution is 0.0325. The summed E-state index contributed by atoms with van der Waals surface area (Å²) in [5.74, 6) is 1.67. The summed E-state index contributed by atoms with van der Waals surface area (Å²) >= 11 is 6.27. The third-order valence-electron chi connectivity index (χ3n) is 5.17. The molecular weight excluding hydrogens is 408 g/mol. The maximum Gasteiger partial charge on any atom is 0.261 e. The van der Waals surface area contributed by atoms with Crippen LogP contribution in [0.15, 0.2) is 35.3 Å². The quantitative estimate of drug-likeness (QED) is 0.555. The minimum atomic E-state index is -0.163. The van der Waals surface area contributed by atoms with Gasteiger partial charge in [0.25, 0.3) is 5.56 Å². The van der Waals surface area contributed by atoms with Gasteiger partial charge < -0.3 is 14.2 Å². The predicted molar refractivity (Wildman–Crippen MR) is 114 cm³/mol. The first kappa shape index (κ1) is 20.6. The summed E-state index contributed by atoms with van der Waals surface area (Å²) in [6.45, 7) is 3.71. The average molecular weight is 431 g/mol. The zero-order valence-electron chi connectivity index (χ0n) is 16.9. The second-order valence-corrected chi connectivity index (χ2v) is 7.34. The Balaban J connectivity index is 1.86. The number of hydrogen-bond acceptors (Lipinski definition) is 7. The topological polar surface area (TPSA) is 78.7 Å². The first-order chi connectivity index (χ1) is 14.6. The highest BCUT2D eigenvalue weighted by molar-refractivity contribution is 6.30. The minimum absolute atomic E-state index is 0.163. The molecule has 1 saturated heterocycles. The molecule has 0 radical (unpaired) electrons. The van der Waals surface area contributed by atoms with Crippen molar-refractivity contribution >= 4 is 22.5 Å². The maximum atomic E-state index is 13.5. The normalized spacial score (nSPS) is 14.8. The molecular formula is C21H23ClN4O4. The van der Waals surface area contributed by atoms with Crippen molar-refractivity contribution in [3.63, 3.8) is 0 Å². The second-order valence-electron chi connectivity index (χ2n) is 6.99. The summed E-state index contributed by atoms with van der Waals surface area (Å²) < 4.78 is 17.9. The number of halogens is 1. The van der Waals surface area contributed by atoms with Gasteiger partial charge in [0.15, 0.2) is 11.5 Å². The molecule has 1 aliphatic rings. The summed E-state index contributed by atoms with van der Waals surface area (Å²) in [5, 5.41) is 0.826. The van der Waals surface area contributed by atoms with Gasteiger partial charge in [0.05, 0.1) is 51.4 Å². The number of hydrogen-bond donors (Lipinski definition) is 0. The Morgan fingerprint density at radius 1 is 1.13 bits per heavy atom. The third kappa shape index (κ3) is 4.12. The third-order valence-corrected chi connectivity index (χ3v) is 5.51. The number of aromatic nitrogens is 3. The number of nitrogens with zero attached hydrogens (tertiary/aromatic N) is 4. The van der Waals surface area contributed by atoms with Gasteiger partial charge in [0.1, 0.15) is 11.0 Å². The average Bonchev–Trinajstić information content (AvgIpc) is 2.77. The van der Waals surface area contributed by atoms with Crippen LogP contribution in [-0.2, 0) is 17.8 Å². The summed E-state index contributed by atoms with van der Waals surface area (Å²) in [6, 6.07) is 7.07. The monoisotopic (exact) mass is 430 g/mol. The molecule has 0 saturated carbocycles. The van der Waals surface area contributed by atoms with Crippen molar-refractivity contribution in [2.45, 2.75) is 13.1 Å². The van der Waals surface area contributed by atoms with Crippen LogP contribution in [0.1, 0.15) is 11.4 Å². The van der Waals surface area contributed by atoms with Crippen molar-refractivity contribution in [3.8, 4) is 11.5 Å². The smallest absolute Gasteiger partial charge is 0.261 e. The largest absolute Gasteiger partial charge is 0.493 e. The lowest BCUT2D eigenvalue weighted by atomic mass is 10.2. The minimum Gasteiger partial charge on any atom is -0.493 e. The van der Waals surface area contributed by atoms with Crippen LogP contribution in [0, 0.1) is 0 Å². The van der Waals surface area contributed by atoms with E-state index in [4.69, 9.17) is 30.8 Å². The molecule has 30 heavy (non-hydrogen) atoms. The molecule has 0 atom stereocenters. The number of methoxy groups -OCH3 is 2. The van der Waals surface area contributed by atoms with E-state index in [9.17, 15) is 4.79 Å². The molecule has 0 spiro atoms. The zero-order chi connectivity index (χ0) is 21.1. The van der Waals surface area contributed by atoms with Gasteiger partial charge >= 0.3 is 0 Å². The highest BCUT2D eigenvalue weighted by atomic mass is 35.5. The van der Waals surface area contributed by atoms with E-state index in [1.165, 1.54) is 7.11 Å². The van der Waals surface area contributed by atoms with Crippen LogP contribution in [-0.4, -0.2) is 60.0 Å². The molecule has 0 amide bonds. The summed E-state index contributed by atoms with van der Waals surface area (Å²) in [4.78, 5) is 24.7. The van der Waals surface area contributed by atoms with Crippen molar-refractivity contribution in [2.75, 3.05) is 40.5 Å². The van der Waals surface area contributed by atoms with Gasteiger partial charge in [0, 0.05) is 30.9 Å². The fourth-order valence-corrected chi connectivity index (χ4v) is 3.72. The molecule has 8 nitrogen and oxygen atoms in total. The number of pyridine rings is 1. The van der Waals surface area contributed by atoms with E-state index in [1.54, 1.807) is 36.1 Å². The van der Waals surface area contributed by atoms with E-state index < -0.39 is 0 Å². The van der Waals surface area contributed by atoms with Crippen molar-refractivity contribution in [2.24, 2.45) is 0 Å². The molecule has 1 fully saturated rings. The van der Waals surface area contributed by atoms with Crippen LogP contribution in [0.25, 0.3) is 10.9 Å². The van der Waals surface area contributed by atoms with Crippen molar-refractivity contribution in [1.29, 1.82) is 0 Å². The summed E-state index contributed by atoms with van der Waals surface area (Å²) in [6.07, 6.45) is 1.62. The highest BCUT2D eigenvalue weighted by Gasteiger charge is 2.19. The molecule has 1 aromatic carbocycles. The van der Waals surface area contributed by atoms with Gasteiger partial charge in [-0.2, -0.15) is 0 Å². The molecule has 3 heterocycles. The number of morpholine rings is 1. The molecule has 2 aromatic heterocycles. The van der Waals surface area contributed by atoms with Crippen LogP contribution in [0.3, 0.4) is 0 Å². The van der Waals surface area contributed by atoms with Gasteiger partial charge in [-0.3, -0.25) is 14.3 Å². The van der Waals surface area contributed by atoms with Gasteiger partial charge in [-0.1, -0.05) is 17.7 Å². The number of benzene rings is 1. The van der Waals surface area contributed by atoms with E-state index in [-0.39, 0.29) is 12.1 Å². The van der Waals surface area contributed by atoms with Gasteiger partial charge in [0.2, 0.25) is 0 Å². The molecule has 1 aliphatic heterocycles. The van der Waals surface area contributed by atoms with Crippen molar-refractivity contribution in [1.82, 2.24) is 19.4 Å². The summed E-state index contributed by atoms with van der Waals surface area (Å²) in [7, 11) is 3.10. The van der Waals surface area contributed by atoms with E-state index in [0.29, 0.717) is 53.1 Å². The molecule has 0 bridgehead atoms. The Labute approximate surface area is 179 Å². The first-order valence-electron chi connectivity index (χ1n) is 9.65. The van der Waals surface area contributed by atoms with Crippen molar-refractivity contribution in [3.05, 3.63) is 57.4 Å². The van der Waals surface area contributed by atoms with Crippen LogP contribution >= 0.6 is 11.6 Å². The van der Waals surface area contributed by atoms with E-state index in [2.05, 4.69) is 9.88 Å². The molecule has 9 heteroatoms.